The molecule has 0 aliphatic heterocycles. The molecule has 1 aromatic carbocycles. The summed E-state index contributed by atoms with van der Waals surface area (Å²) in [5.41, 5.74) is 7.64. The molecule has 31 heavy (non-hydrogen) atoms. The van der Waals surface area contributed by atoms with E-state index in [0.717, 1.165) is 16.6 Å². The van der Waals surface area contributed by atoms with Crippen LogP contribution < -0.4 is 16.4 Å². The lowest BCUT2D eigenvalue weighted by atomic mass is 9.88. The molecule has 8 nitrogen and oxygen atoms in total. The molecule has 0 unspecified atom stereocenters. The SMILES string of the molecule is NC(=O)[C@@H]1[C@H](Nc2nc(Nc3cnn(Cc4ccccc4)c3)ncc2Br)[C@H]2C=C[C@@H]1C2. The minimum Gasteiger partial charge on any atom is -0.369 e. The Kier molecular flexibility index (Phi) is 5.19. The van der Waals surface area contributed by atoms with Crippen molar-refractivity contribution in [1.29, 1.82) is 0 Å². The quantitative estimate of drug-likeness (QED) is 0.448. The van der Waals surface area contributed by atoms with Gasteiger partial charge in [0.1, 0.15) is 5.82 Å². The standard InChI is InChI=1S/C22H22BrN7O/c23-17-10-25-22(27-16-9-26-30(12-16)11-13-4-2-1-3-5-13)29-21(17)28-19-15-7-6-14(8-15)18(19)20(24)31/h1-7,9-10,12,14-15,18-19H,8,11H2,(H2,24,31)(H2,25,27,28,29)/t14-,15+,18+,19-/m1/s1. The van der Waals surface area contributed by atoms with Crippen LogP contribution in [-0.4, -0.2) is 31.7 Å². The molecule has 2 aliphatic rings. The number of hydrogen-bond acceptors (Lipinski definition) is 6. The van der Waals surface area contributed by atoms with Crippen molar-refractivity contribution >= 4 is 39.3 Å². The van der Waals surface area contributed by atoms with Crippen LogP contribution in [0.25, 0.3) is 0 Å². The summed E-state index contributed by atoms with van der Waals surface area (Å²) in [6.45, 7) is 0.683. The Morgan fingerprint density at radius 2 is 2.00 bits per heavy atom. The first-order valence-corrected chi connectivity index (χ1v) is 11.0. The fourth-order valence-corrected chi connectivity index (χ4v) is 4.81. The van der Waals surface area contributed by atoms with Gasteiger partial charge in [0.05, 0.1) is 28.8 Å². The second-order valence-corrected chi connectivity index (χ2v) is 8.83. The normalized spacial score (nSPS) is 23.8. The number of carbonyl (C=O) groups excluding carboxylic acids is 1. The lowest BCUT2D eigenvalue weighted by Crippen LogP contribution is -2.41. The maximum absolute atomic E-state index is 12.0. The molecule has 4 N–H and O–H groups in total. The monoisotopic (exact) mass is 479 g/mol. The van der Waals surface area contributed by atoms with Gasteiger partial charge in [-0.1, -0.05) is 42.5 Å². The molecule has 2 bridgehead atoms. The summed E-state index contributed by atoms with van der Waals surface area (Å²) in [5, 5.41) is 11.0. The number of hydrogen-bond donors (Lipinski definition) is 3. The number of nitrogens with two attached hydrogens (primary N) is 1. The summed E-state index contributed by atoms with van der Waals surface area (Å²) < 4.78 is 2.59. The molecule has 4 atom stereocenters. The lowest BCUT2D eigenvalue weighted by molar-refractivity contribution is -0.122. The molecule has 9 heteroatoms. The number of rotatable bonds is 7. The predicted molar refractivity (Wildman–Crippen MR) is 122 cm³/mol. The van der Waals surface area contributed by atoms with Gasteiger partial charge in [-0.15, -0.1) is 0 Å². The van der Waals surface area contributed by atoms with Crippen LogP contribution in [0.15, 0.2) is 65.5 Å². The van der Waals surface area contributed by atoms with Gasteiger partial charge in [-0.25, -0.2) is 4.98 Å². The zero-order chi connectivity index (χ0) is 21.4. The fourth-order valence-electron chi connectivity index (χ4n) is 4.51. The Labute approximate surface area is 188 Å². The smallest absolute Gasteiger partial charge is 0.229 e. The van der Waals surface area contributed by atoms with Crippen LogP contribution in [0.5, 0.6) is 0 Å². The van der Waals surface area contributed by atoms with Crippen molar-refractivity contribution in [1.82, 2.24) is 19.7 Å². The molecule has 2 aliphatic carbocycles. The van der Waals surface area contributed by atoms with Crippen molar-refractivity contribution in [2.45, 2.75) is 19.0 Å². The van der Waals surface area contributed by atoms with Crippen LogP contribution in [-0.2, 0) is 11.3 Å². The van der Waals surface area contributed by atoms with E-state index in [1.54, 1.807) is 12.4 Å². The van der Waals surface area contributed by atoms with E-state index in [2.05, 4.69) is 65.9 Å². The summed E-state index contributed by atoms with van der Waals surface area (Å²) in [7, 11) is 0. The predicted octanol–water partition coefficient (Wildman–Crippen LogP) is 3.32. The zero-order valence-electron chi connectivity index (χ0n) is 16.6. The average molecular weight is 480 g/mol. The maximum atomic E-state index is 12.0. The lowest BCUT2D eigenvalue weighted by Gasteiger charge is -2.27. The van der Waals surface area contributed by atoms with Crippen LogP contribution >= 0.6 is 15.9 Å². The summed E-state index contributed by atoms with van der Waals surface area (Å²) in [5.74, 6) is 1.05. The molecular formula is C22H22BrN7O. The van der Waals surface area contributed by atoms with Gasteiger partial charge in [-0.3, -0.25) is 9.48 Å². The third-order valence-corrected chi connectivity index (χ3v) is 6.49. The molecule has 2 heterocycles. The molecule has 1 fully saturated rings. The van der Waals surface area contributed by atoms with Gasteiger partial charge in [0.25, 0.3) is 0 Å². The second kappa shape index (κ2) is 8.14. The number of fused-ring (bicyclic) bond motifs is 2. The van der Waals surface area contributed by atoms with Gasteiger partial charge in [0.15, 0.2) is 0 Å². The number of benzene rings is 1. The van der Waals surface area contributed by atoms with E-state index in [9.17, 15) is 4.79 Å². The van der Waals surface area contributed by atoms with Crippen molar-refractivity contribution in [3.63, 3.8) is 0 Å². The van der Waals surface area contributed by atoms with E-state index >= 15 is 0 Å². The van der Waals surface area contributed by atoms with Crippen molar-refractivity contribution in [2.24, 2.45) is 23.5 Å². The molecule has 1 amide bonds. The summed E-state index contributed by atoms with van der Waals surface area (Å²) in [4.78, 5) is 21.0. The molecule has 0 radical (unpaired) electrons. The summed E-state index contributed by atoms with van der Waals surface area (Å²) >= 11 is 3.51. The molecule has 5 rings (SSSR count). The minimum absolute atomic E-state index is 0.0693. The van der Waals surface area contributed by atoms with Gasteiger partial charge in [-0.2, -0.15) is 10.1 Å². The topological polar surface area (TPSA) is 111 Å². The van der Waals surface area contributed by atoms with Gasteiger partial charge in [0, 0.05) is 18.4 Å². The molecule has 2 aromatic heterocycles. The molecular weight excluding hydrogens is 458 g/mol. The van der Waals surface area contributed by atoms with E-state index < -0.39 is 0 Å². The summed E-state index contributed by atoms with van der Waals surface area (Å²) in [6.07, 6.45) is 10.6. The highest BCUT2D eigenvalue weighted by Crippen LogP contribution is 2.45. The number of nitrogens with one attached hydrogen (secondary N) is 2. The Bertz CT molecular complexity index is 1130. The molecule has 3 aromatic rings. The Morgan fingerprint density at radius 1 is 1.19 bits per heavy atom. The molecule has 1 saturated carbocycles. The number of aromatic nitrogens is 4. The highest BCUT2D eigenvalue weighted by atomic mass is 79.9. The molecule has 0 saturated heterocycles. The number of amides is 1. The number of carbonyl (C=O) groups is 1. The fraction of sp³-hybridized carbons (Fsp3) is 0.273. The van der Waals surface area contributed by atoms with Crippen LogP contribution in [0, 0.1) is 17.8 Å². The number of nitrogens with zero attached hydrogens (tertiary/aromatic N) is 4. The first kappa shape index (κ1) is 19.7. The van der Waals surface area contributed by atoms with E-state index in [1.165, 1.54) is 5.56 Å². The van der Waals surface area contributed by atoms with Gasteiger partial charge in [-0.05, 0) is 39.8 Å². The van der Waals surface area contributed by atoms with Crippen LogP contribution in [0.4, 0.5) is 17.5 Å². The number of allylic oxidation sites excluding steroid dienone is 1. The Balaban J connectivity index is 1.30. The van der Waals surface area contributed by atoms with Crippen LogP contribution in [0.2, 0.25) is 0 Å². The third kappa shape index (κ3) is 4.05. The van der Waals surface area contributed by atoms with E-state index in [0.29, 0.717) is 18.3 Å². The van der Waals surface area contributed by atoms with Crippen molar-refractivity contribution in [2.75, 3.05) is 10.6 Å². The average Bonchev–Trinajstić information content (AvgIpc) is 3.48. The highest BCUT2D eigenvalue weighted by molar-refractivity contribution is 9.10. The van der Waals surface area contributed by atoms with Gasteiger partial charge >= 0.3 is 0 Å². The van der Waals surface area contributed by atoms with Crippen molar-refractivity contribution in [3.05, 3.63) is 71.1 Å². The number of halogens is 1. The third-order valence-electron chi connectivity index (χ3n) is 5.91. The van der Waals surface area contributed by atoms with Crippen LogP contribution in [0.1, 0.15) is 12.0 Å². The van der Waals surface area contributed by atoms with Crippen molar-refractivity contribution in [3.8, 4) is 0 Å². The number of primary amides is 1. The zero-order valence-corrected chi connectivity index (χ0v) is 18.2. The maximum Gasteiger partial charge on any atom is 0.229 e. The largest absolute Gasteiger partial charge is 0.369 e. The van der Waals surface area contributed by atoms with Crippen LogP contribution in [0.3, 0.4) is 0 Å². The first-order valence-electron chi connectivity index (χ1n) is 10.2. The minimum atomic E-state index is -0.274. The van der Waals surface area contributed by atoms with E-state index in [4.69, 9.17) is 5.73 Å². The van der Waals surface area contributed by atoms with E-state index in [-0.39, 0.29) is 29.7 Å². The summed E-state index contributed by atoms with van der Waals surface area (Å²) in [6, 6.07) is 10.1. The van der Waals surface area contributed by atoms with Gasteiger partial charge < -0.3 is 16.4 Å². The van der Waals surface area contributed by atoms with Gasteiger partial charge in [0.2, 0.25) is 11.9 Å². The number of anilines is 3. The molecule has 0 spiro atoms. The van der Waals surface area contributed by atoms with Crippen molar-refractivity contribution < 1.29 is 4.79 Å². The Morgan fingerprint density at radius 3 is 2.81 bits per heavy atom. The molecule has 158 valence electrons. The van der Waals surface area contributed by atoms with E-state index in [1.807, 2.05) is 29.1 Å². The first-order chi connectivity index (χ1) is 15.1. The Hall–Kier alpha value is -3.20. The second-order valence-electron chi connectivity index (χ2n) is 7.97. The highest BCUT2D eigenvalue weighted by Gasteiger charge is 2.47.